The van der Waals surface area contributed by atoms with Gasteiger partial charge in [-0.2, -0.15) is 0 Å². The largest absolute Gasteiger partial charge is 0.497 e. The second-order valence-electron chi connectivity index (χ2n) is 8.23. The van der Waals surface area contributed by atoms with Crippen LogP contribution in [0.15, 0.2) is 72.0 Å². The predicted molar refractivity (Wildman–Crippen MR) is 147 cm³/mol. The maximum atomic E-state index is 12.8. The lowest BCUT2D eigenvalue weighted by atomic mass is 10.1. The molecule has 0 bridgehead atoms. The van der Waals surface area contributed by atoms with E-state index in [0.717, 1.165) is 22.0 Å². The van der Waals surface area contributed by atoms with Gasteiger partial charge in [0, 0.05) is 39.4 Å². The van der Waals surface area contributed by atoms with Gasteiger partial charge in [-0.3, -0.25) is 9.36 Å². The fourth-order valence-electron chi connectivity index (χ4n) is 3.98. The minimum atomic E-state index is -0.189. The van der Waals surface area contributed by atoms with Crippen LogP contribution in [0.2, 0.25) is 5.02 Å². The number of carbonyl (C=O) groups is 1. The van der Waals surface area contributed by atoms with Crippen LogP contribution in [-0.4, -0.2) is 45.6 Å². The van der Waals surface area contributed by atoms with E-state index in [1.807, 2.05) is 72.3 Å². The molecule has 0 aliphatic carbocycles. The van der Waals surface area contributed by atoms with Gasteiger partial charge < -0.3 is 19.8 Å². The molecule has 0 aliphatic heterocycles. The number of halogens is 1. The first-order chi connectivity index (χ1) is 18.0. The molecule has 37 heavy (non-hydrogen) atoms. The third kappa shape index (κ3) is 5.00. The fourth-order valence-corrected chi connectivity index (χ4v) is 4.91. The summed E-state index contributed by atoms with van der Waals surface area (Å²) in [6.07, 6.45) is 1.90. The van der Waals surface area contributed by atoms with E-state index < -0.39 is 0 Å². The predicted octanol–water partition coefficient (Wildman–Crippen LogP) is 6.13. The van der Waals surface area contributed by atoms with Crippen molar-refractivity contribution in [3.8, 4) is 28.6 Å². The third-order valence-corrected chi connectivity index (χ3v) is 7.21. The van der Waals surface area contributed by atoms with Crippen molar-refractivity contribution in [3.05, 3.63) is 77.4 Å². The van der Waals surface area contributed by atoms with Gasteiger partial charge in [-0.1, -0.05) is 47.6 Å². The molecule has 0 aliphatic rings. The third-order valence-electron chi connectivity index (χ3n) is 5.88. The highest BCUT2D eigenvalue weighted by Crippen LogP contribution is 2.37. The molecular weight excluding hydrogens is 510 g/mol. The van der Waals surface area contributed by atoms with Crippen molar-refractivity contribution in [3.63, 3.8) is 0 Å². The molecule has 0 spiro atoms. The van der Waals surface area contributed by atoms with Gasteiger partial charge in [0.1, 0.15) is 11.5 Å². The van der Waals surface area contributed by atoms with Crippen molar-refractivity contribution in [1.82, 2.24) is 19.7 Å². The summed E-state index contributed by atoms with van der Waals surface area (Å²) < 4.78 is 13.0. The number of aromatic amines is 1. The number of nitrogens with one attached hydrogen (secondary N) is 2. The summed E-state index contributed by atoms with van der Waals surface area (Å²) in [5.74, 6) is 1.80. The van der Waals surface area contributed by atoms with Gasteiger partial charge in [0.05, 0.1) is 25.7 Å². The van der Waals surface area contributed by atoms with Gasteiger partial charge in [0.25, 0.3) is 0 Å². The Morgan fingerprint density at radius 1 is 1.08 bits per heavy atom. The molecule has 1 amide bonds. The maximum Gasteiger partial charge on any atom is 0.234 e. The minimum Gasteiger partial charge on any atom is -0.497 e. The molecule has 0 radical (unpaired) electrons. The van der Waals surface area contributed by atoms with Crippen molar-refractivity contribution in [2.45, 2.75) is 12.1 Å². The van der Waals surface area contributed by atoms with Gasteiger partial charge in [-0.25, -0.2) is 0 Å². The molecule has 188 valence electrons. The summed E-state index contributed by atoms with van der Waals surface area (Å²) in [7, 11) is 3.21. The SMILES string of the molecule is COc1ccc(OC)c(-n2c(SCC(=O)Nc3ccc(C)c(Cl)c3)nnc2-c2c[nH]c3ccccc23)c1. The molecule has 2 N–H and O–H groups in total. The summed E-state index contributed by atoms with van der Waals surface area (Å²) >= 11 is 7.47. The quantitative estimate of drug-likeness (QED) is 0.233. The van der Waals surface area contributed by atoms with E-state index in [1.54, 1.807) is 20.3 Å². The van der Waals surface area contributed by atoms with Crippen LogP contribution < -0.4 is 14.8 Å². The highest BCUT2D eigenvalue weighted by molar-refractivity contribution is 7.99. The molecular formula is C27H24ClN5O3S. The number of para-hydroxylation sites is 1. The molecule has 8 nitrogen and oxygen atoms in total. The van der Waals surface area contributed by atoms with Crippen LogP contribution >= 0.6 is 23.4 Å². The number of nitrogens with zero attached hydrogens (tertiary/aromatic N) is 3. The monoisotopic (exact) mass is 533 g/mol. The van der Waals surface area contributed by atoms with E-state index in [1.165, 1.54) is 11.8 Å². The summed E-state index contributed by atoms with van der Waals surface area (Å²) in [6, 6.07) is 18.9. The Morgan fingerprint density at radius 3 is 2.70 bits per heavy atom. The second-order valence-corrected chi connectivity index (χ2v) is 9.58. The van der Waals surface area contributed by atoms with Crippen LogP contribution in [0, 0.1) is 6.92 Å². The van der Waals surface area contributed by atoms with E-state index in [-0.39, 0.29) is 11.7 Å². The molecule has 0 fully saturated rings. The lowest BCUT2D eigenvalue weighted by molar-refractivity contribution is -0.113. The normalized spacial score (nSPS) is 11.0. The van der Waals surface area contributed by atoms with Crippen molar-refractivity contribution in [2.24, 2.45) is 0 Å². The zero-order valence-corrected chi connectivity index (χ0v) is 22.0. The lowest BCUT2D eigenvalue weighted by Gasteiger charge is -2.15. The topological polar surface area (TPSA) is 94.1 Å². The molecule has 0 saturated carbocycles. The van der Waals surface area contributed by atoms with Crippen LogP contribution in [0.5, 0.6) is 11.5 Å². The Hall–Kier alpha value is -3.95. The Morgan fingerprint density at radius 2 is 1.92 bits per heavy atom. The van der Waals surface area contributed by atoms with Crippen LogP contribution in [-0.2, 0) is 4.79 Å². The number of benzene rings is 3. The van der Waals surface area contributed by atoms with Crippen LogP contribution in [0.4, 0.5) is 5.69 Å². The highest BCUT2D eigenvalue weighted by Gasteiger charge is 2.22. The van der Waals surface area contributed by atoms with Crippen molar-refractivity contribution in [2.75, 3.05) is 25.3 Å². The van der Waals surface area contributed by atoms with Gasteiger partial charge >= 0.3 is 0 Å². The van der Waals surface area contributed by atoms with E-state index in [0.29, 0.717) is 38.9 Å². The van der Waals surface area contributed by atoms with Crippen LogP contribution in [0.3, 0.4) is 0 Å². The highest BCUT2D eigenvalue weighted by atomic mass is 35.5. The molecule has 5 aromatic rings. The molecule has 2 heterocycles. The molecule has 0 atom stereocenters. The Kier molecular flexibility index (Phi) is 7.07. The summed E-state index contributed by atoms with van der Waals surface area (Å²) in [6.45, 7) is 1.91. The number of methoxy groups -OCH3 is 2. The first-order valence-corrected chi connectivity index (χ1v) is 12.8. The minimum absolute atomic E-state index is 0.115. The Bertz CT molecular complexity index is 1600. The first kappa shape index (κ1) is 24.7. The van der Waals surface area contributed by atoms with Gasteiger partial charge in [-0.15, -0.1) is 10.2 Å². The van der Waals surface area contributed by atoms with E-state index in [2.05, 4.69) is 20.5 Å². The number of rotatable bonds is 8. The second kappa shape index (κ2) is 10.6. The molecule has 10 heteroatoms. The van der Waals surface area contributed by atoms with Crippen LogP contribution in [0.25, 0.3) is 28.0 Å². The maximum absolute atomic E-state index is 12.8. The number of anilines is 1. The number of ether oxygens (including phenoxy) is 2. The van der Waals surface area contributed by atoms with Crippen molar-refractivity contribution >= 4 is 45.9 Å². The number of carbonyl (C=O) groups excluding carboxylic acids is 1. The number of hydrogen-bond acceptors (Lipinski definition) is 6. The molecule has 2 aromatic heterocycles. The standard InChI is InChI=1S/C27H24ClN5O3S/c1-16-8-9-17(12-21(16)28)30-25(34)15-37-27-32-31-26(20-14-29-22-7-5-4-6-19(20)22)33(27)23-13-18(35-2)10-11-24(23)36-3/h4-14,29H,15H2,1-3H3,(H,30,34). The number of aromatic nitrogens is 4. The summed E-state index contributed by atoms with van der Waals surface area (Å²) in [5.41, 5.74) is 4.13. The smallest absolute Gasteiger partial charge is 0.234 e. The zero-order chi connectivity index (χ0) is 25.9. The first-order valence-electron chi connectivity index (χ1n) is 11.4. The number of thioether (sulfide) groups is 1. The lowest BCUT2D eigenvalue weighted by Crippen LogP contribution is -2.14. The number of H-pyrrole nitrogens is 1. The number of hydrogen-bond donors (Lipinski definition) is 2. The average Bonchev–Trinajstić information content (AvgIpc) is 3.53. The van der Waals surface area contributed by atoms with Gasteiger partial charge in [0.15, 0.2) is 11.0 Å². The van der Waals surface area contributed by atoms with E-state index >= 15 is 0 Å². The summed E-state index contributed by atoms with van der Waals surface area (Å²) in [4.78, 5) is 16.1. The number of amides is 1. The molecule has 3 aromatic carbocycles. The van der Waals surface area contributed by atoms with Crippen molar-refractivity contribution < 1.29 is 14.3 Å². The fraction of sp³-hybridized carbons (Fsp3) is 0.148. The number of fused-ring (bicyclic) bond motifs is 1. The molecule has 5 rings (SSSR count). The van der Waals surface area contributed by atoms with Crippen LogP contribution in [0.1, 0.15) is 5.56 Å². The molecule has 0 saturated heterocycles. The number of aryl methyl sites for hydroxylation is 1. The molecule has 0 unspecified atom stereocenters. The zero-order valence-electron chi connectivity index (χ0n) is 20.4. The summed E-state index contributed by atoms with van der Waals surface area (Å²) in [5, 5.41) is 14.0. The Balaban J connectivity index is 1.53. The van der Waals surface area contributed by atoms with E-state index in [4.69, 9.17) is 21.1 Å². The van der Waals surface area contributed by atoms with Crippen molar-refractivity contribution in [1.29, 1.82) is 0 Å². The Labute approximate surface area is 223 Å². The van der Waals surface area contributed by atoms with Gasteiger partial charge in [-0.05, 0) is 42.8 Å². The average molecular weight is 534 g/mol. The van der Waals surface area contributed by atoms with E-state index in [9.17, 15) is 4.79 Å². The van der Waals surface area contributed by atoms with Gasteiger partial charge in [0.2, 0.25) is 5.91 Å².